The van der Waals surface area contributed by atoms with Crippen molar-refractivity contribution in [2.75, 3.05) is 6.61 Å². The highest BCUT2D eigenvalue weighted by Gasteiger charge is 2.22. The summed E-state index contributed by atoms with van der Waals surface area (Å²) < 4.78 is 8.54. The summed E-state index contributed by atoms with van der Waals surface area (Å²) in [6, 6.07) is 3.11. The normalized spacial score (nSPS) is 18.8. The predicted molar refractivity (Wildman–Crippen MR) is 69.7 cm³/mol. The number of hydrogen-bond acceptors (Lipinski definition) is 4. The number of rotatable bonds is 3. The number of aliphatic carboxylic acids is 1. The van der Waals surface area contributed by atoms with Gasteiger partial charge in [0.15, 0.2) is 0 Å². The SMILES string of the molecule is Cn1c(CC(=O)O)cc(=O)n2nc(C3CCCO3)cc12. The molecule has 3 heterocycles. The Labute approximate surface area is 114 Å². The summed E-state index contributed by atoms with van der Waals surface area (Å²) in [6.45, 7) is 0.707. The quantitative estimate of drug-likeness (QED) is 0.883. The lowest BCUT2D eigenvalue weighted by Gasteiger charge is -2.07. The fourth-order valence-corrected chi connectivity index (χ4v) is 2.53. The van der Waals surface area contributed by atoms with Crippen LogP contribution in [0.25, 0.3) is 5.65 Å². The summed E-state index contributed by atoms with van der Waals surface area (Å²) in [7, 11) is 1.73. The Balaban J connectivity index is 2.12. The number of carboxylic acid groups (broad SMARTS) is 1. The molecule has 1 unspecified atom stereocenters. The number of carbonyl (C=O) groups is 1. The molecule has 106 valence electrons. The van der Waals surface area contributed by atoms with Gasteiger partial charge in [-0.2, -0.15) is 9.61 Å². The second-order valence-electron chi connectivity index (χ2n) is 4.94. The van der Waals surface area contributed by atoms with E-state index in [0.29, 0.717) is 17.9 Å². The van der Waals surface area contributed by atoms with Gasteiger partial charge in [-0.1, -0.05) is 0 Å². The molecule has 1 saturated heterocycles. The van der Waals surface area contributed by atoms with Crippen molar-refractivity contribution in [2.24, 2.45) is 7.05 Å². The van der Waals surface area contributed by atoms with E-state index >= 15 is 0 Å². The smallest absolute Gasteiger partial charge is 0.309 e. The molecule has 0 amide bonds. The molecule has 1 aliphatic heterocycles. The second kappa shape index (κ2) is 4.75. The molecule has 1 fully saturated rings. The number of carboxylic acids is 1. The van der Waals surface area contributed by atoms with E-state index in [9.17, 15) is 9.59 Å². The molecule has 7 nitrogen and oxygen atoms in total. The van der Waals surface area contributed by atoms with E-state index in [1.807, 2.05) is 0 Å². The summed E-state index contributed by atoms with van der Waals surface area (Å²) in [5.74, 6) is -0.969. The van der Waals surface area contributed by atoms with Crippen LogP contribution in [-0.4, -0.2) is 31.9 Å². The molecule has 2 aromatic rings. The maximum atomic E-state index is 12.0. The van der Waals surface area contributed by atoms with Crippen LogP contribution >= 0.6 is 0 Å². The standard InChI is InChI=1S/C13H15N3O4/c1-15-8(6-13(18)19)5-12(17)16-11(15)7-9(14-16)10-3-2-4-20-10/h5,7,10H,2-4,6H2,1H3,(H,18,19). The summed E-state index contributed by atoms with van der Waals surface area (Å²) >= 11 is 0. The van der Waals surface area contributed by atoms with Crippen molar-refractivity contribution in [3.8, 4) is 0 Å². The average molecular weight is 277 g/mol. The summed E-state index contributed by atoms with van der Waals surface area (Å²) in [6.07, 6.45) is 1.61. The Morgan fingerprint density at radius 3 is 3.00 bits per heavy atom. The van der Waals surface area contributed by atoms with Crippen LogP contribution in [0.2, 0.25) is 0 Å². The minimum atomic E-state index is -0.969. The zero-order chi connectivity index (χ0) is 14.3. The van der Waals surface area contributed by atoms with Crippen molar-refractivity contribution in [1.82, 2.24) is 14.2 Å². The first-order valence-electron chi connectivity index (χ1n) is 6.48. The van der Waals surface area contributed by atoms with E-state index in [2.05, 4.69) is 5.10 Å². The van der Waals surface area contributed by atoms with Crippen molar-refractivity contribution in [1.29, 1.82) is 0 Å². The molecule has 1 N–H and O–H groups in total. The third-order valence-electron chi connectivity index (χ3n) is 3.57. The van der Waals surface area contributed by atoms with Gasteiger partial charge in [-0.05, 0) is 12.8 Å². The minimum Gasteiger partial charge on any atom is -0.481 e. The highest BCUT2D eigenvalue weighted by Crippen LogP contribution is 2.27. The molecule has 3 rings (SSSR count). The zero-order valence-corrected chi connectivity index (χ0v) is 11.1. The van der Waals surface area contributed by atoms with Crippen molar-refractivity contribution in [3.63, 3.8) is 0 Å². The van der Waals surface area contributed by atoms with Crippen LogP contribution in [0.5, 0.6) is 0 Å². The Bertz CT molecular complexity index is 725. The van der Waals surface area contributed by atoms with Gasteiger partial charge in [0.25, 0.3) is 5.56 Å². The van der Waals surface area contributed by atoms with Crippen molar-refractivity contribution in [2.45, 2.75) is 25.4 Å². The molecule has 0 radical (unpaired) electrons. The van der Waals surface area contributed by atoms with Gasteiger partial charge < -0.3 is 14.4 Å². The predicted octanol–water partition coefficient (Wildman–Crippen LogP) is 0.512. The largest absolute Gasteiger partial charge is 0.481 e. The molecule has 1 atom stereocenters. The number of hydrogen-bond donors (Lipinski definition) is 1. The van der Waals surface area contributed by atoms with E-state index in [4.69, 9.17) is 9.84 Å². The summed E-state index contributed by atoms with van der Waals surface area (Å²) in [4.78, 5) is 22.8. The first-order valence-corrected chi connectivity index (χ1v) is 6.48. The maximum Gasteiger partial charge on any atom is 0.309 e. The molecule has 1 aliphatic rings. The maximum absolute atomic E-state index is 12.0. The fraction of sp³-hybridized carbons (Fsp3) is 0.462. The Morgan fingerprint density at radius 1 is 1.55 bits per heavy atom. The molecular weight excluding hydrogens is 262 g/mol. The lowest BCUT2D eigenvalue weighted by atomic mass is 10.2. The first kappa shape index (κ1) is 12.9. The van der Waals surface area contributed by atoms with Crippen molar-refractivity contribution < 1.29 is 14.6 Å². The molecule has 20 heavy (non-hydrogen) atoms. The topological polar surface area (TPSA) is 85.8 Å². The fourth-order valence-electron chi connectivity index (χ4n) is 2.53. The summed E-state index contributed by atoms with van der Waals surface area (Å²) in [5, 5.41) is 13.2. The molecule has 0 spiro atoms. The number of nitrogens with zero attached hydrogens (tertiary/aromatic N) is 3. The van der Waals surface area contributed by atoms with Gasteiger partial charge in [0.2, 0.25) is 0 Å². The van der Waals surface area contributed by atoms with Gasteiger partial charge in [0.1, 0.15) is 11.8 Å². The van der Waals surface area contributed by atoms with Crippen LogP contribution in [0.1, 0.15) is 30.3 Å². The third kappa shape index (κ3) is 2.09. The van der Waals surface area contributed by atoms with Crippen LogP contribution in [0.15, 0.2) is 16.9 Å². The highest BCUT2D eigenvalue weighted by atomic mass is 16.5. The molecule has 7 heteroatoms. The van der Waals surface area contributed by atoms with E-state index in [1.54, 1.807) is 17.7 Å². The van der Waals surface area contributed by atoms with Crippen LogP contribution in [-0.2, 0) is 23.0 Å². The van der Waals surface area contributed by atoms with Crippen LogP contribution < -0.4 is 5.56 Å². The number of aromatic nitrogens is 3. The van der Waals surface area contributed by atoms with E-state index < -0.39 is 5.97 Å². The second-order valence-corrected chi connectivity index (χ2v) is 4.94. The Morgan fingerprint density at radius 2 is 2.35 bits per heavy atom. The number of fused-ring (bicyclic) bond motifs is 1. The van der Waals surface area contributed by atoms with Gasteiger partial charge in [-0.3, -0.25) is 9.59 Å². The Hall–Kier alpha value is -2.15. The van der Waals surface area contributed by atoms with Crippen LogP contribution in [0.3, 0.4) is 0 Å². The highest BCUT2D eigenvalue weighted by molar-refractivity contribution is 5.69. The number of ether oxygens (including phenoxy) is 1. The van der Waals surface area contributed by atoms with Gasteiger partial charge in [0, 0.05) is 31.5 Å². The zero-order valence-electron chi connectivity index (χ0n) is 11.1. The van der Waals surface area contributed by atoms with E-state index in [1.165, 1.54) is 10.6 Å². The van der Waals surface area contributed by atoms with Crippen molar-refractivity contribution >= 4 is 11.6 Å². The van der Waals surface area contributed by atoms with Gasteiger partial charge in [-0.15, -0.1) is 0 Å². The van der Waals surface area contributed by atoms with Crippen LogP contribution in [0, 0.1) is 0 Å². The lowest BCUT2D eigenvalue weighted by Crippen LogP contribution is -2.21. The third-order valence-corrected chi connectivity index (χ3v) is 3.57. The van der Waals surface area contributed by atoms with E-state index in [0.717, 1.165) is 18.5 Å². The van der Waals surface area contributed by atoms with Gasteiger partial charge in [0.05, 0.1) is 12.1 Å². The molecule has 2 aromatic heterocycles. The number of aryl methyl sites for hydroxylation is 1. The van der Waals surface area contributed by atoms with Crippen molar-refractivity contribution in [3.05, 3.63) is 33.9 Å². The molecule has 0 saturated carbocycles. The van der Waals surface area contributed by atoms with E-state index in [-0.39, 0.29) is 18.1 Å². The van der Waals surface area contributed by atoms with Gasteiger partial charge in [-0.25, -0.2) is 0 Å². The average Bonchev–Trinajstić information content (AvgIpc) is 3.03. The minimum absolute atomic E-state index is 0.0720. The Kier molecular flexibility index (Phi) is 3.06. The van der Waals surface area contributed by atoms with Gasteiger partial charge >= 0.3 is 5.97 Å². The molecule has 0 bridgehead atoms. The summed E-state index contributed by atoms with van der Waals surface area (Å²) in [5.41, 5.74) is 1.44. The lowest BCUT2D eigenvalue weighted by molar-refractivity contribution is -0.136. The molecule has 0 aliphatic carbocycles. The van der Waals surface area contributed by atoms with Crippen LogP contribution in [0.4, 0.5) is 0 Å². The monoisotopic (exact) mass is 277 g/mol. The first-order chi connectivity index (χ1) is 9.56. The molecular formula is C13H15N3O4. The molecule has 0 aromatic carbocycles.